The van der Waals surface area contributed by atoms with Gasteiger partial charge in [0.1, 0.15) is 6.10 Å². The molecule has 0 aliphatic rings. The van der Waals surface area contributed by atoms with Gasteiger partial charge in [-0.15, -0.1) is 0 Å². The fourth-order valence-corrected chi connectivity index (χ4v) is 5.68. The molecule has 0 radical (unpaired) electrons. The molecule has 256 valence electrons. The van der Waals surface area contributed by atoms with Crippen molar-refractivity contribution >= 4 is 5.97 Å². The summed E-state index contributed by atoms with van der Waals surface area (Å²) in [6, 6.07) is 0. The summed E-state index contributed by atoms with van der Waals surface area (Å²) in [4.78, 5) is 12.1. The van der Waals surface area contributed by atoms with Crippen molar-refractivity contribution in [3.8, 4) is 0 Å². The predicted octanol–water partition coefficient (Wildman–Crippen LogP) is 12.2. The third kappa shape index (κ3) is 35.5. The number of allylic oxidation sites excluding steroid dienone is 2. The highest BCUT2D eigenvalue weighted by atomic mass is 16.6. The quantitative estimate of drug-likeness (QED) is 0.0437. The zero-order valence-electron chi connectivity index (χ0n) is 29.2. The molecule has 0 aliphatic heterocycles. The molecule has 0 heterocycles. The summed E-state index contributed by atoms with van der Waals surface area (Å²) < 4.78 is 11.1. The number of esters is 1. The number of aliphatic hydroxyl groups excluding tert-OH is 1. The molecular weight excluding hydrogens is 532 g/mol. The molecule has 1 unspecified atom stereocenters. The van der Waals surface area contributed by atoms with Gasteiger partial charge in [-0.05, 0) is 38.5 Å². The Bertz CT molecular complexity index is 561. The van der Waals surface area contributed by atoms with Crippen LogP contribution in [-0.2, 0) is 14.3 Å². The zero-order chi connectivity index (χ0) is 31.3. The lowest BCUT2D eigenvalue weighted by Gasteiger charge is -2.15. The SMILES string of the molecule is CCCCCC/C=C\CCCCCCCC(=O)OC(CO)COCCCCCCCCCCCCCCCCCCCC. The van der Waals surface area contributed by atoms with Gasteiger partial charge >= 0.3 is 5.97 Å². The van der Waals surface area contributed by atoms with E-state index in [0.29, 0.717) is 19.6 Å². The van der Waals surface area contributed by atoms with E-state index < -0.39 is 6.10 Å². The normalized spacial score (nSPS) is 12.3. The van der Waals surface area contributed by atoms with E-state index in [-0.39, 0.29) is 12.6 Å². The van der Waals surface area contributed by atoms with E-state index in [2.05, 4.69) is 26.0 Å². The van der Waals surface area contributed by atoms with Crippen LogP contribution in [0.4, 0.5) is 0 Å². The van der Waals surface area contributed by atoms with Gasteiger partial charge in [-0.2, -0.15) is 0 Å². The minimum atomic E-state index is -0.531. The first-order valence-corrected chi connectivity index (χ1v) is 19.3. The first kappa shape index (κ1) is 42.1. The Labute approximate surface area is 269 Å². The number of carbonyl (C=O) groups excluding carboxylic acids is 1. The van der Waals surface area contributed by atoms with Gasteiger partial charge in [-0.1, -0.05) is 174 Å². The van der Waals surface area contributed by atoms with Crippen LogP contribution in [0.3, 0.4) is 0 Å². The maximum atomic E-state index is 12.1. The summed E-state index contributed by atoms with van der Waals surface area (Å²) in [5, 5.41) is 9.56. The molecule has 0 fully saturated rings. The van der Waals surface area contributed by atoms with Crippen LogP contribution in [0, 0.1) is 0 Å². The molecule has 0 spiro atoms. The summed E-state index contributed by atoms with van der Waals surface area (Å²) in [6.45, 7) is 5.35. The van der Waals surface area contributed by atoms with Gasteiger partial charge in [0.2, 0.25) is 0 Å². The molecule has 0 amide bonds. The number of hydrogen-bond donors (Lipinski definition) is 1. The van der Waals surface area contributed by atoms with Crippen LogP contribution in [0.5, 0.6) is 0 Å². The highest BCUT2D eigenvalue weighted by molar-refractivity contribution is 5.69. The Morgan fingerprint density at radius 2 is 0.907 bits per heavy atom. The third-order valence-electron chi connectivity index (χ3n) is 8.59. The Balaban J connectivity index is 3.39. The van der Waals surface area contributed by atoms with Crippen LogP contribution in [0.15, 0.2) is 12.2 Å². The molecule has 0 aromatic heterocycles. The molecule has 0 aromatic rings. The predicted molar refractivity (Wildman–Crippen MR) is 187 cm³/mol. The highest BCUT2D eigenvalue weighted by Crippen LogP contribution is 2.15. The topological polar surface area (TPSA) is 55.8 Å². The molecule has 4 nitrogen and oxygen atoms in total. The average molecular weight is 609 g/mol. The lowest BCUT2D eigenvalue weighted by molar-refractivity contribution is -0.154. The second kappa shape index (κ2) is 37.3. The van der Waals surface area contributed by atoms with Crippen molar-refractivity contribution in [3.63, 3.8) is 0 Å². The molecule has 1 atom stereocenters. The fraction of sp³-hybridized carbons (Fsp3) is 0.923. The van der Waals surface area contributed by atoms with Gasteiger partial charge in [0.05, 0.1) is 13.2 Å². The first-order chi connectivity index (χ1) is 21.2. The van der Waals surface area contributed by atoms with Crippen LogP contribution in [0.1, 0.15) is 206 Å². The highest BCUT2D eigenvalue weighted by Gasteiger charge is 2.13. The second-order valence-electron chi connectivity index (χ2n) is 13.0. The van der Waals surface area contributed by atoms with Crippen molar-refractivity contribution in [1.82, 2.24) is 0 Å². The number of hydrogen-bond acceptors (Lipinski definition) is 4. The fourth-order valence-electron chi connectivity index (χ4n) is 5.68. The van der Waals surface area contributed by atoms with Crippen molar-refractivity contribution in [2.45, 2.75) is 213 Å². The Morgan fingerprint density at radius 1 is 0.535 bits per heavy atom. The molecule has 0 saturated heterocycles. The summed E-state index contributed by atoms with van der Waals surface area (Å²) in [5.74, 6) is -0.207. The smallest absolute Gasteiger partial charge is 0.306 e. The van der Waals surface area contributed by atoms with Gasteiger partial charge in [0.25, 0.3) is 0 Å². The van der Waals surface area contributed by atoms with Gasteiger partial charge in [-0.25, -0.2) is 0 Å². The third-order valence-corrected chi connectivity index (χ3v) is 8.59. The van der Waals surface area contributed by atoms with E-state index >= 15 is 0 Å². The first-order valence-electron chi connectivity index (χ1n) is 19.3. The molecule has 0 rings (SSSR count). The van der Waals surface area contributed by atoms with Gasteiger partial charge < -0.3 is 14.6 Å². The van der Waals surface area contributed by atoms with E-state index in [9.17, 15) is 9.90 Å². The molecule has 0 bridgehead atoms. The molecule has 43 heavy (non-hydrogen) atoms. The number of ether oxygens (including phenoxy) is 2. The Kier molecular flexibility index (Phi) is 36.6. The lowest BCUT2D eigenvalue weighted by Crippen LogP contribution is -2.27. The lowest BCUT2D eigenvalue weighted by atomic mass is 10.0. The van der Waals surface area contributed by atoms with Crippen molar-refractivity contribution in [2.75, 3.05) is 19.8 Å². The molecule has 1 N–H and O–H groups in total. The van der Waals surface area contributed by atoms with Crippen LogP contribution < -0.4 is 0 Å². The van der Waals surface area contributed by atoms with Gasteiger partial charge in [-0.3, -0.25) is 4.79 Å². The van der Waals surface area contributed by atoms with E-state index in [1.165, 1.54) is 167 Å². The van der Waals surface area contributed by atoms with Crippen LogP contribution in [-0.4, -0.2) is 37.0 Å². The summed E-state index contributed by atoms with van der Waals surface area (Å²) in [7, 11) is 0. The van der Waals surface area contributed by atoms with Crippen molar-refractivity contribution in [3.05, 3.63) is 12.2 Å². The maximum Gasteiger partial charge on any atom is 0.306 e. The van der Waals surface area contributed by atoms with E-state index in [0.717, 1.165) is 19.3 Å². The van der Waals surface area contributed by atoms with Crippen molar-refractivity contribution < 1.29 is 19.4 Å². The minimum Gasteiger partial charge on any atom is -0.457 e. The molecule has 0 aliphatic carbocycles. The summed E-state index contributed by atoms with van der Waals surface area (Å²) >= 11 is 0. The maximum absolute atomic E-state index is 12.1. The molecule has 0 saturated carbocycles. The zero-order valence-corrected chi connectivity index (χ0v) is 29.2. The second-order valence-corrected chi connectivity index (χ2v) is 13.0. The summed E-state index contributed by atoms with van der Waals surface area (Å²) in [6.07, 6.45) is 42.6. The monoisotopic (exact) mass is 609 g/mol. The molecular formula is C39H76O4. The average Bonchev–Trinajstić information content (AvgIpc) is 3.01. The van der Waals surface area contributed by atoms with Crippen LogP contribution in [0.2, 0.25) is 0 Å². The van der Waals surface area contributed by atoms with E-state index in [4.69, 9.17) is 9.47 Å². The summed E-state index contributed by atoms with van der Waals surface area (Å²) in [5.41, 5.74) is 0. The molecule has 0 aromatic carbocycles. The molecule has 4 heteroatoms. The standard InChI is InChI=1S/C39H76O4/c1-3-5-7-9-11-13-15-17-18-19-20-21-23-25-27-29-31-33-35-42-37-38(36-40)43-39(41)34-32-30-28-26-24-22-16-14-12-10-8-6-4-2/h14,16,38,40H,3-13,15,17-37H2,1-2H3/b16-14-. The Hall–Kier alpha value is -0.870. The number of carbonyl (C=O) groups is 1. The van der Waals surface area contributed by atoms with Crippen molar-refractivity contribution in [2.24, 2.45) is 0 Å². The van der Waals surface area contributed by atoms with Crippen LogP contribution in [0.25, 0.3) is 0 Å². The largest absolute Gasteiger partial charge is 0.457 e. The van der Waals surface area contributed by atoms with Crippen molar-refractivity contribution in [1.29, 1.82) is 0 Å². The van der Waals surface area contributed by atoms with Gasteiger partial charge in [0.15, 0.2) is 0 Å². The number of unbranched alkanes of at least 4 members (excludes halogenated alkanes) is 26. The van der Waals surface area contributed by atoms with E-state index in [1.54, 1.807) is 0 Å². The van der Waals surface area contributed by atoms with Crippen LogP contribution >= 0.6 is 0 Å². The number of rotatable bonds is 36. The minimum absolute atomic E-state index is 0.170. The number of aliphatic hydroxyl groups is 1. The Morgan fingerprint density at radius 3 is 1.35 bits per heavy atom. The van der Waals surface area contributed by atoms with Gasteiger partial charge in [0, 0.05) is 13.0 Å². The van der Waals surface area contributed by atoms with E-state index in [1.807, 2.05) is 0 Å².